The van der Waals surface area contributed by atoms with Gasteiger partial charge in [0.2, 0.25) is 11.8 Å². The van der Waals surface area contributed by atoms with Gasteiger partial charge in [0.05, 0.1) is 19.3 Å². The lowest BCUT2D eigenvalue weighted by atomic mass is 10.00. The number of epoxide rings is 1. The van der Waals surface area contributed by atoms with Crippen LogP contribution in [0.4, 0.5) is 0 Å². The van der Waals surface area contributed by atoms with Crippen molar-refractivity contribution in [2.45, 2.75) is 20.0 Å². The summed E-state index contributed by atoms with van der Waals surface area (Å²) in [7, 11) is 0. The van der Waals surface area contributed by atoms with Crippen molar-refractivity contribution < 1.29 is 14.3 Å². The molecule has 0 aromatic rings. The second-order valence-electron chi connectivity index (χ2n) is 3.82. The Morgan fingerprint density at radius 1 is 1.31 bits per heavy atom. The average Bonchev–Trinajstić information content (AvgIpc) is 2.89. The molecule has 4 nitrogen and oxygen atoms in total. The highest BCUT2D eigenvalue weighted by Gasteiger charge is 2.44. The maximum Gasteiger partial charge on any atom is 0.232 e. The fourth-order valence-electron chi connectivity index (χ4n) is 1.58. The molecule has 0 aromatic carbocycles. The van der Waals surface area contributed by atoms with Crippen LogP contribution in [-0.4, -0.2) is 36.0 Å². The van der Waals surface area contributed by atoms with Gasteiger partial charge in [0, 0.05) is 11.8 Å². The Morgan fingerprint density at radius 3 is 2.15 bits per heavy atom. The van der Waals surface area contributed by atoms with Crippen LogP contribution in [0.25, 0.3) is 0 Å². The first-order valence-electron chi connectivity index (χ1n) is 4.58. The van der Waals surface area contributed by atoms with E-state index in [0.29, 0.717) is 13.2 Å². The average molecular weight is 183 g/mol. The van der Waals surface area contributed by atoms with Gasteiger partial charge in [-0.1, -0.05) is 13.8 Å². The highest BCUT2D eigenvalue weighted by atomic mass is 16.6. The molecule has 2 amide bonds. The van der Waals surface area contributed by atoms with Gasteiger partial charge >= 0.3 is 0 Å². The van der Waals surface area contributed by atoms with E-state index in [1.807, 2.05) is 0 Å². The topological polar surface area (TPSA) is 49.9 Å². The van der Waals surface area contributed by atoms with Gasteiger partial charge in [0.25, 0.3) is 0 Å². The molecule has 2 aliphatic rings. The van der Waals surface area contributed by atoms with E-state index in [0.717, 1.165) is 0 Å². The smallest absolute Gasteiger partial charge is 0.232 e. The molecule has 72 valence electrons. The van der Waals surface area contributed by atoms with Gasteiger partial charge < -0.3 is 4.74 Å². The lowest BCUT2D eigenvalue weighted by molar-refractivity contribution is -0.140. The minimum absolute atomic E-state index is 0.0481. The Kier molecular flexibility index (Phi) is 1.87. The largest absolute Gasteiger partial charge is 0.371 e. The van der Waals surface area contributed by atoms with Gasteiger partial charge in [-0.15, -0.1) is 0 Å². The SMILES string of the molecule is CC1C(=O)N(CC2CO2)C(=O)C1C. The highest BCUT2D eigenvalue weighted by molar-refractivity contribution is 6.04. The molecule has 13 heavy (non-hydrogen) atoms. The summed E-state index contributed by atoms with van der Waals surface area (Å²) < 4.78 is 4.99. The molecule has 2 fully saturated rings. The second-order valence-corrected chi connectivity index (χ2v) is 3.82. The second kappa shape index (κ2) is 2.80. The monoisotopic (exact) mass is 183 g/mol. The van der Waals surface area contributed by atoms with Crippen LogP contribution >= 0.6 is 0 Å². The van der Waals surface area contributed by atoms with Crippen molar-refractivity contribution in [1.82, 2.24) is 4.90 Å². The zero-order chi connectivity index (χ0) is 9.59. The van der Waals surface area contributed by atoms with Crippen LogP contribution in [-0.2, 0) is 14.3 Å². The van der Waals surface area contributed by atoms with Crippen LogP contribution in [0.2, 0.25) is 0 Å². The van der Waals surface area contributed by atoms with Gasteiger partial charge in [-0.3, -0.25) is 14.5 Å². The van der Waals surface area contributed by atoms with Crippen molar-refractivity contribution in [3.8, 4) is 0 Å². The van der Waals surface area contributed by atoms with Crippen LogP contribution < -0.4 is 0 Å². The van der Waals surface area contributed by atoms with E-state index in [2.05, 4.69) is 0 Å². The maximum absolute atomic E-state index is 11.5. The highest BCUT2D eigenvalue weighted by Crippen LogP contribution is 2.26. The molecule has 0 radical (unpaired) electrons. The summed E-state index contributed by atoms with van der Waals surface area (Å²) in [6, 6.07) is 0. The predicted octanol–water partition coefficient (Wildman–Crippen LogP) is 0.0262. The summed E-state index contributed by atoms with van der Waals surface area (Å²) in [6.07, 6.45) is 0.102. The van der Waals surface area contributed by atoms with Crippen LogP contribution in [0.15, 0.2) is 0 Å². The van der Waals surface area contributed by atoms with Crippen LogP contribution in [0, 0.1) is 11.8 Å². The molecule has 0 saturated carbocycles. The molecule has 4 heteroatoms. The molecule has 3 unspecified atom stereocenters. The fraction of sp³-hybridized carbons (Fsp3) is 0.778. The maximum atomic E-state index is 11.5. The molecular weight excluding hydrogens is 170 g/mol. The van der Waals surface area contributed by atoms with Gasteiger partial charge in [0.15, 0.2) is 0 Å². The third-order valence-corrected chi connectivity index (χ3v) is 2.85. The summed E-state index contributed by atoms with van der Waals surface area (Å²) in [5.74, 6) is -0.418. The van der Waals surface area contributed by atoms with E-state index in [1.54, 1.807) is 13.8 Å². The Hall–Kier alpha value is -0.900. The van der Waals surface area contributed by atoms with Crippen LogP contribution in [0.3, 0.4) is 0 Å². The van der Waals surface area contributed by atoms with Crippen molar-refractivity contribution in [2.75, 3.05) is 13.2 Å². The quantitative estimate of drug-likeness (QED) is 0.448. The predicted molar refractivity (Wildman–Crippen MR) is 44.8 cm³/mol. The third kappa shape index (κ3) is 1.35. The Labute approximate surface area is 76.8 Å². The summed E-state index contributed by atoms with van der Waals surface area (Å²) in [5.41, 5.74) is 0. The molecule has 0 aromatic heterocycles. The van der Waals surface area contributed by atoms with E-state index in [9.17, 15) is 9.59 Å². The number of nitrogens with zero attached hydrogens (tertiary/aromatic N) is 1. The van der Waals surface area contributed by atoms with Gasteiger partial charge in [0.1, 0.15) is 0 Å². The molecule has 2 saturated heterocycles. The molecule has 2 rings (SSSR count). The number of imide groups is 1. The minimum Gasteiger partial charge on any atom is -0.371 e. The van der Waals surface area contributed by atoms with Crippen molar-refractivity contribution in [3.05, 3.63) is 0 Å². The number of carbonyl (C=O) groups is 2. The number of likely N-dealkylation sites (tertiary alicyclic amines) is 1. The third-order valence-electron chi connectivity index (χ3n) is 2.85. The number of hydrogen-bond acceptors (Lipinski definition) is 3. The number of hydrogen-bond donors (Lipinski definition) is 0. The number of ether oxygens (including phenoxy) is 1. The molecule has 0 N–H and O–H groups in total. The fourth-order valence-corrected chi connectivity index (χ4v) is 1.58. The molecule has 0 bridgehead atoms. The first-order chi connectivity index (χ1) is 6.11. The summed E-state index contributed by atoms with van der Waals surface area (Å²) in [4.78, 5) is 24.4. The number of amides is 2. The first kappa shape index (κ1) is 8.69. The first-order valence-corrected chi connectivity index (χ1v) is 4.58. The van der Waals surface area contributed by atoms with Crippen LogP contribution in [0.5, 0.6) is 0 Å². The molecule has 0 aliphatic carbocycles. The Balaban J connectivity index is 2.08. The molecule has 2 aliphatic heterocycles. The Morgan fingerprint density at radius 2 is 1.77 bits per heavy atom. The zero-order valence-electron chi connectivity index (χ0n) is 7.82. The lowest BCUT2D eigenvalue weighted by Crippen LogP contribution is -2.34. The summed E-state index contributed by atoms with van der Waals surface area (Å²) >= 11 is 0. The van der Waals surface area contributed by atoms with E-state index >= 15 is 0 Å². The lowest BCUT2D eigenvalue weighted by Gasteiger charge is -2.11. The van der Waals surface area contributed by atoms with E-state index < -0.39 is 0 Å². The normalized spacial score (nSPS) is 38.6. The number of rotatable bonds is 2. The molecule has 3 atom stereocenters. The molecule has 2 heterocycles. The summed E-state index contributed by atoms with van der Waals surface area (Å²) in [6.45, 7) is 4.74. The van der Waals surface area contributed by atoms with Crippen molar-refractivity contribution in [2.24, 2.45) is 11.8 Å². The minimum atomic E-state index is -0.161. The Bertz CT molecular complexity index is 240. The standard InChI is InChI=1S/C9H13NO3/c1-5-6(2)9(12)10(8(5)11)3-7-4-13-7/h5-7H,3-4H2,1-2H3. The zero-order valence-corrected chi connectivity index (χ0v) is 7.82. The van der Waals surface area contributed by atoms with Crippen molar-refractivity contribution >= 4 is 11.8 Å². The molecule has 0 spiro atoms. The van der Waals surface area contributed by atoms with Crippen molar-refractivity contribution in [3.63, 3.8) is 0 Å². The molecular formula is C9H13NO3. The van der Waals surface area contributed by atoms with Crippen molar-refractivity contribution in [1.29, 1.82) is 0 Å². The van der Waals surface area contributed by atoms with Gasteiger partial charge in [-0.2, -0.15) is 0 Å². The van der Waals surface area contributed by atoms with Crippen LogP contribution in [0.1, 0.15) is 13.8 Å². The van der Waals surface area contributed by atoms with E-state index in [1.165, 1.54) is 4.90 Å². The van der Waals surface area contributed by atoms with Gasteiger partial charge in [-0.05, 0) is 0 Å². The summed E-state index contributed by atoms with van der Waals surface area (Å²) in [5, 5.41) is 0. The van der Waals surface area contributed by atoms with E-state index in [-0.39, 0.29) is 29.8 Å². The van der Waals surface area contributed by atoms with Gasteiger partial charge in [-0.25, -0.2) is 0 Å². The number of carbonyl (C=O) groups excluding carboxylic acids is 2. The van der Waals surface area contributed by atoms with E-state index in [4.69, 9.17) is 4.74 Å².